The Bertz CT molecular complexity index is 364. The molecule has 0 spiro atoms. The Morgan fingerprint density at radius 1 is 1.31 bits per heavy atom. The molecule has 0 heterocycles. The van der Waals surface area contributed by atoms with E-state index in [1.807, 2.05) is 0 Å². The van der Waals surface area contributed by atoms with Gasteiger partial charge in [0, 0.05) is 5.56 Å². The monoisotopic (exact) mass is 242 g/mol. The lowest BCUT2D eigenvalue weighted by Crippen LogP contribution is -2.17. The molecule has 1 unspecified atom stereocenters. The third kappa shape index (κ3) is 3.55. The normalized spacial score (nSPS) is 11.6. The first-order chi connectivity index (χ1) is 7.65. The number of hydrogen-bond acceptors (Lipinski definition) is 4. The van der Waals surface area contributed by atoms with Crippen LogP contribution in [0.15, 0.2) is 30.3 Å². The molecule has 5 heteroatoms. The van der Waals surface area contributed by atoms with Crippen LogP contribution in [0.25, 0.3) is 0 Å². The molecule has 4 nitrogen and oxygen atoms in total. The van der Waals surface area contributed by atoms with E-state index in [2.05, 4.69) is 4.74 Å². The Labute approximate surface area is 98.1 Å². The van der Waals surface area contributed by atoms with Crippen molar-refractivity contribution in [1.82, 2.24) is 0 Å². The van der Waals surface area contributed by atoms with Crippen molar-refractivity contribution in [2.75, 3.05) is 6.61 Å². The number of benzene rings is 1. The van der Waals surface area contributed by atoms with E-state index in [1.54, 1.807) is 37.3 Å². The second kappa shape index (κ2) is 6.12. The summed E-state index contributed by atoms with van der Waals surface area (Å²) in [6.07, 6.45) is -2.03. The van der Waals surface area contributed by atoms with Crippen LogP contribution in [0.3, 0.4) is 0 Å². The largest absolute Gasteiger partial charge is 0.509 e. The molecule has 0 amide bonds. The summed E-state index contributed by atoms with van der Waals surface area (Å²) in [5, 5.41) is -0.765. The van der Waals surface area contributed by atoms with Crippen molar-refractivity contribution in [1.29, 1.82) is 0 Å². The fourth-order valence-electron chi connectivity index (χ4n) is 1.12. The van der Waals surface area contributed by atoms with Gasteiger partial charge in [-0.25, -0.2) is 4.79 Å². The van der Waals surface area contributed by atoms with Gasteiger partial charge in [-0.05, 0) is 18.5 Å². The first-order valence-electron chi connectivity index (χ1n) is 4.72. The molecule has 0 aliphatic carbocycles. The van der Waals surface area contributed by atoms with Crippen molar-refractivity contribution in [2.24, 2.45) is 0 Å². The highest BCUT2D eigenvalue weighted by atomic mass is 35.5. The standard InChI is InChI=1S/C11H11ClO4/c1-2-15-11(14)16-9(10(12)13)8-6-4-3-5-7-8/h3-7,9H,2H2,1H3. The van der Waals surface area contributed by atoms with Gasteiger partial charge in [0.1, 0.15) is 0 Å². The van der Waals surface area contributed by atoms with Crippen molar-refractivity contribution in [3.05, 3.63) is 35.9 Å². The number of carbonyl (C=O) groups excluding carboxylic acids is 2. The second-order valence-corrected chi connectivity index (χ2v) is 3.27. The molecule has 0 aliphatic heterocycles. The molecule has 16 heavy (non-hydrogen) atoms. The third-order valence-electron chi connectivity index (χ3n) is 1.78. The molecule has 0 saturated carbocycles. The van der Waals surface area contributed by atoms with Gasteiger partial charge in [-0.3, -0.25) is 4.79 Å². The Morgan fingerprint density at radius 3 is 2.44 bits per heavy atom. The molecule has 1 atom stereocenters. The van der Waals surface area contributed by atoms with Crippen LogP contribution < -0.4 is 0 Å². The molecular formula is C11H11ClO4. The van der Waals surface area contributed by atoms with Gasteiger partial charge in [0.15, 0.2) is 0 Å². The average Bonchev–Trinajstić information content (AvgIpc) is 2.27. The Kier molecular flexibility index (Phi) is 4.79. The van der Waals surface area contributed by atoms with Crippen LogP contribution in [-0.2, 0) is 14.3 Å². The fourth-order valence-corrected chi connectivity index (χ4v) is 1.29. The summed E-state index contributed by atoms with van der Waals surface area (Å²) in [4.78, 5) is 22.2. The maximum Gasteiger partial charge on any atom is 0.509 e. The van der Waals surface area contributed by atoms with Gasteiger partial charge in [0.25, 0.3) is 5.24 Å². The van der Waals surface area contributed by atoms with E-state index in [1.165, 1.54) is 0 Å². The Morgan fingerprint density at radius 2 is 1.94 bits per heavy atom. The topological polar surface area (TPSA) is 52.6 Å². The number of carbonyl (C=O) groups is 2. The molecular weight excluding hydrogens is 232 g/mol. The van der Waals surface area contributed by atoms with Gasteiger partial charge in [-0.1, -0.05) is 30.3 Å². The molecule has 1 aromatic rings. The number of ether oxygens (including phenoxy) is 2. The number of rotatable bonds is 4. The minimum Gasteiger partial charge on any atom is -0.435 e. The quantitative estimate of drug-likeness (QED) is 0.602. The lowest BCUT2D eigenvalue weighted by Gasteiger charge is -2.13. The van der Waals surface area contributed by atoms with Crippen LogP contribution in [-0.4, -0.2) is 18.0 Å². The summed E-state index contributed by atoms with van der Waals surface area (Å²) < 4.78 is 9.37. The van der Waals surface area contributed by atoms with E-state index in [0.717, 1.165) is 0 Å². The predicted octanol–water partition coefficient (Wildman–Crippen LogP) is 2.67. The molecule has 0 radical (unpaired) electrons. The molecule has 0 N–H and O–H groups in total. The molecule has 1 rings (SSSR count). The Hall–Kier alpha value is -1.55. The van der Waals surface area contributed by atoms with E-state index < -0.39 is 17.5 Å². The summed E-state index contributed by atoms with van der Waals surface area (Å²) in [6.45, 7) is 1.82. The van der Waals surface area contributed by atoms with Crippen molar-refractivity contribution in [2.45, 2.75) is 13.0 Å². The molecule has 0 saturated heterocycles. The van der Waals surface area contributed by atoms with E-state index in [4.69, 9.17) is 16.3 Å². The molecule has 1 aromatic carbocycles. The molecule has 0 aromatic heterocycles. The summed E-state index contributed by atoms with van der Waals surface area (Å²) >= 11 is 5.35. The minimum atomic E-state index is -1.12. The second-order valence-electron chi connectivity index (χ2n) is 2.90. The van der Waals surface area contributed by atoms with Crippen molar-refractivity contribution < 1.29 is 19.1 Å². The van der Waals surface area contributed by atoms with Crippen LogP contribution in [0.5, 0.6) is 0 Å². The SMILES string of the molecule is CCOC(=O)OC(C(=O)Cl)c1ccccc1. The van der Waals surface area contributed by atoms with Gasteiger partial charge >= 0.3 is 6.16 Å². The van der Waals surface area contributed by atoms with Gasteiger partial charge < -0.3 is 9.47 Å². The van der Waals surface area contributed by atoms with Crippen LogP contribution in [0.2, 0.25) is 0 Å². The fraction of sp³-hybridized carbons (Fsp3) is 0.273. The van der Waals surface area contributed by atoms with Gasteiger partial charge in [0.2, 0.25) is 6.10 Å². The highest BCUT2D eigenvalue weighted by molar-refractivity contribution is 6.64. The van der Waals surface area contributed by atoms with E-state index in [0.29, 0.717) is 5.56 Å². The Balaban J connectivity index is 2.77. The van der Waals surface area contributed by atoms with E-state index in [-0.39, 0.29) is 6.61 Å². The third-order valence-corrected chi connectivity index (χ3v) is 1.98. The highest BCUT2D eigenvalue weighted by Crippen LogP contribution is 2.20. The number of hydrogen-bond donors (Lipinski definition) is 0. The maximum absolute atomic E-state index is 11.1. The van der Waals surface area contributed by atoms with Crippen molar-refractivity contribution in [3.8, 4) is 0 Å². The van der Waals surface area contributed by atoms with Crippen LogP contribution in [0.4, 0.5) is 4.79 Å². The summed E-state index contributed by atoms with van der Waals surface area (Å²) in [6, 6.07) is 8.51. The van der Waals surface area contributed by atoms with Crippen molar-refractivity contribution in [3.63, 3.8) is 0 Å². The summed E-state index contributed by atoms with van der Waals surface area (Å²) in [5.74, 6) is 0. The van der Waals surface area contributed by atoms with E-state index >= 15 is 0 Å². The highest BCUT2D eigenvalue weighted by Gasteiger charge is 2.23. The van der Waals surface area contributed by atoms with Crippen LogP contribution in [0, 0.1) is 0 Å². The smallest absolute Gasteiger partial charge is 0.435 e. The van der Waals surface area contributed by atoms with Crippen LogP contribution in [0.1, 0.15) is 18.6 Å². The first-order valence-corrected chi connectivity index (χ1v) is 5.10. The molecule has 86 valence electrons. The zero-order chi connectivity index (χ0) is 12.0. The van der Waals surface area contributed by atoms with Gasteiger partial charge in [-0.15, -0.1) is 0 Å². The molecule has 0 fully saturated rings. The van der Waals surface area contributed by atoms with Gasteiger partial charge in [0.05, 0.1) is 6.61 Å². The van der Waals surface area contributed by atoms with Crippen LogP contribution >= 0.6 is 11.6 Å². The van der Waals surface area contributed by atoms with Gasteiger partial charge in [-0.2, -0.15) is 0 Å². The predicted molar refractivity (Wildman–Crippen MR) is 58.2 cm³/mol. The molecule has 0 bridgehead atoms. The van der Waals surface area contributed by atoms with Crippen molar-refractivity contribution >= 4 is 23.0 Å². The lowest BCUT2D eigenvalue weighted by atomic mass is 10.1. The van der Waals surface area contributed by atoms with E-state index in [9.17, 15) is 9.59 Å². The maximum atomic E-state index is 11.1. The first kappa shape index (κ1) is 12.5. The lowest BCUT2D eigenvalue weighted by molar-refractivity contribution is -0.121. The zero-order valence-corrected chi connectivity index (χ0v) is 9.44. The summed E-state index contributed by atoms with van der Waals surface area (Å²) in [7, 11) is 0. The zero-order valence-electron chi connectivity index (χ0n) is 8.68. The molecule has 0 aliphatic rings. The minimum absolute atomic E-state index is 0.177. The average molecular weight is 243 g/mol. The summed E-state index contributed by atoms with van der Waals surface area (Å²) in [5.41, 5.74) is 0.510. The number of halogens is 1.